The Morgan fingerprint density at radius 1 is 1.22 bits per heavy atom. The third-order valence-electron chi connectivity index (χ3n) is 3.04. The molecule has 0 spiro atoms. The first-order valence-electron chi connectivity index (χ1n) is 7.53. The molecule has 2 aromatic rings. The number of alkyl carbamates (subject to hydrolysis) is 1. The number of carbonyl (C=O) groups is 1. The summed E-state index contributed by atoms with van der Waals surface area (Å²) in [7, 11) is 0. The van der Waals surface area contributed by atoms with Gasteiger partial charge in [0.1, 0.15) is 11.4 Å². The van der Waals surface area contributed by atoms with Crippen LogP contribution in [0, 0.1) is 11.8 Å². The molecule has 0 aliphatic rings. The molecule has 0 unspecified atom stereocenters. The van der Waals surface area contributed by atoms with Crippen LogP contribution in [-0.4, -0.2) is 23.3 Å². The molecule has 0 bridgehead atoms. The van der Waals surface area contributed by atoms with Crippen LogP contribution < -0.4 is 5.32 Å². The zero-order valence-corrected chi connectivity index (χ0v) is 13.6. The molecule has 2 N–H and O–H groups in total. The van der Waals surface area contributed by atoms with E-state index in [-0.39, 0.29) is 5.75 Å². The van der Waals surface area contributed by atoms with E-state index in [1.54, 1.807) is 6.07 Å². The fraction of sp³-hybridized carbons (Fsp3) is 0.316. The van der Waals surface area contributed by atoms with E-state index in [0.717, 1.165) is 10.8 Å². The summed E-state index contributed by atoms with van der Waals surface area (Å²) in [6, 6.07) is 11.3. The number of hydrogen-bond acceptors (Lipinski definition) is 3. The van der Waals surface area contributed by atoms with Gasteiger partial charge < -0.3 is 15.2 Å². The van der Waals surface area contributed by atoms with Gasteiger partial charge in [-0.25, -0.2) is 4.79 Å². The Hall–Kier alpha value is -2.67. The van der Waals surface area contributed by atoms with Gasteiger partial charge in [-0.2, -0.15) is 0 Å². The van der Waals surface area contributed by atoms with Gasteiger partial charge in [-0.05, 0) is 32.2 Å². The third-order valence-corrected chi connectivity index (χ3v) is 3.04. The lowest BCUT2D eigenvalue weighted by atomic mass is 10.0. The lowest BCUT2D eigenvalue weighted by Gasteiger charge is -2.19. The van der Waals surface area contributed by atoms with Crippen molar-refractivity contribution < 1.29 is 14.6 Å². The van der Waals surface area contributed by atoms with E-state index < -0.39 is 11.7 Å². The number of phenolic OH excluding ortho intramolecular Hbond substituents is 1. The first-order valence-corrected chi connectivity index (χ1v) is 7.53. The van der Waals surface area contributed by atoms with Gasteiger partial charge >= 0.3 is 6.09 Å². The largest absolute Gasteiger partial charge is 0.507 e. The van der Waals surface area contributed by atoms with Gasteiger partial charge in [-0.3, -0.25) is 0 Å². The second-order valence-corrected chi connectivity index (χ2v) is 6.16. The molecule has 4 heteroatoms. The van der Waals surface area contributed by atoms with Crippen molar-refractivity contribution in [3.8, 4) is 17.6 Å². The van der Waals surface area contributed by atoms with E-state index in [4.69, 9.17) is 4.74 Å². The third kappa shape index (κ3) is 4.93. The van der Waals surface area contributed by atoms with Gasteiger partial charge in [0.05, 0.1) is 5.56 Å². The maximum atomic E-state index is 11.5. The van der Waals surface area contributed by atoms with Crippen LogP contribution in [0.15, 0.2) is 36.4 Å². The van der Waals surface area contributed by atoms with Crippen molar-refractivity contribution >= 4 is 16.9 Å². The highest BCUT2D eigenvalue weighted by Gasteiger charge is 2.15. The number of ether oxygens (including phenoxy) is 1. The van der Waals surface area contributed by atoms with E-state index in [2.05, 4.69) is 17.2 Å². The molecule has 2 rings (SSSR count). The molecule has 0 aliphatic heterocycles. The molecule has 0 atom stereocenters. The second-order valence-electron chi connectivity index (χ2n) is 6.16. The molecule has 0 aliphatic carbocycles. The summed E-state index contributed by atoms with van der Waals surface area (Å²) in [5.74, 6) is 6.12. The predicted octanol–water partition coefficient (Wildman–Crippen LogP) is 3.81. The molecule has 0 aromatic heterocycles. The number of aromatic hydroxyl groups is 1. The number of benzene rings is 2. The minimum atomic E-state index is -0.509. The standard InChI is InChI=1S/C19H21NO3/c1-19(2,3)23-18(22)20-13-7-6-10-16-15-9-5-4-8-14(15)11-12-17(16)21/h4-5,8-9,11-12,21H,7,13H2,1-3H3,(H,20,22). The molecular weight excluding hydrogens is 290 g/mol. The number of nitrogens with one attached hydrogen (secondary N) is 1. The van der Waals surface area contributed by atoms with E-state index >= 15 is 0 Å². The summed E-state index contributed by atoms with van der Waals surface area (Å²) in [6.45, 7) is 5.84. The minimum absolute atomic E-state index is 0.163. The first kappa shape index (κ1) is 16.7. The van der Waals surface area contributed by atoms with Crippen molar-refractivity contribution in [1.29, 1.82) is 0 Å². The molecule has 0 saturated heterocycles. The Labute approximate surface area is 136 Å². The van der Waals surface area contributed by atoms with Gasteiger partial charge in [0.15, 0.2) is 0 Å². The Morgan fingerprint density at radius 3 is 2.70 bits per heavy atom. The normalized spacial score (nSPS) is 10.7. The molecule has 120 valence electrons. The van der Waals surface area contributed by atoms with Gasteiger partial charge in [-0.15, -0.1) is 0 Å². The van der Waals surface area contributed by atoms with Crippen molar-refractivity contribution in [2.24, 2.45) is 0 Å². The van der Waals surface area contributed by atoms with E-state index in [1.807, 2.05) is 51.1 Å². The molecule has 0 fully saturated rings. The van der Waals surface area contributed by atoms with Crippen LogP contribution >= 0.6 is 0 Å². The quantitative estimate of drug-likeness (QED) is 0.655. The number of rotatable bonds is 2. The zero-order valence-electron chi connectivity index (χ0n) is 13.6. The predicted molar refractivity (Wildman–Crippen MR) is 91.3 cm³/mol. The van der Waals surface area contributed by atoms with Crippen molar-refractivity contribution in [3.63, 3.8) is 0 Å². The Bertz CT molecular complexity index is 764. The van der Waals surface area contributed by atoms with Crippen LogP contribution in [0.4, 0.5) is 4.79 Å². The first-order chi connectivity index (χ1) is 10.9. The number of fused-ring (bicyclic) bond motifs is 1. The van der Waals surface area contributed by atoms with Gasteiger partial charge in [-0.1, -0.05) is 42.2 Å². The summed E-state index contributed by atoms with van der Waals surface area (Å²) in [6.07, 6.45) is 0.0225. The molecular formula is C19H21NO3. The zero-order chi connectivity index (χ0) is 16.9. The lowest BCUT2D eigenvalue weighted by Crippen LogP contribution is -2.32. The second kappa shape index (κ2) is 7.06. The van der Waals surface area contributed by atoms with Crippen LogP contribution in [0.2, 0.25) is 0 Å². The molecule has 1 amide bonds. The van der Waals surface area contributed by atoms with E-state index in [0.29, 0.717) is 18.5 Å². The van der Waals surface area contributed by atoms with E-state index in [9.17, 15) is 9.90 Å². The summed E-state index contributed by atoms with van der Waals surface area (Å²) >= 11 is 0. The average molecular weight is 311 g/mol. The number of hydrogen-bond donors (Lipinski definition) is 2. The SMILES string of the molecule is CC(C)(C)OC(=O)NCCC#Cc1c(O)ccc2ccccc12. The van der Waals surface area contributed by atoms with Crippen LogP contribution in [0.1, 0.15) is 32.8 Å². The van der Waals surface area contributed by atoms with Crippen molar-refractivity contribution in [1.82, 2.24) is 5.32 Å². The molecule has 23 heavy (non-hydrogen) atoms. The fourth-order valence-corrected chi connectivity index (χ4v) is 2.08. The van der Waals surface area contributed by atoms with Crippen LogP contribution in [-0.2, 0) is 4.74 Å². The van der Waals surface area contributed by atoms with Crippen LogP contribution in [0.3, 0.4) is 0 Å². The van der Waals surface area contributed by atoms with Crippen molar-refractivity contribution in [3.05, 3.63) is 42.0 Å². The van der Waals surface area contributed by atoms with Crippen LogP contribution in [0.5, 0.6) is 5.75 Å². The maximum Gasteiger partial charge on any atom is 0.407 e. The summed E-state index contributed by atoms with van der Waals surface area (Å²) in [4.78, 5) is 11.5. The van der Waals surface area contributed by atoms with Gasteiger partial charge in [0.25, 0.3) is 0 Å². The lowest BCUT2D eigenvalue weighted by molar-refractivity contribution is 0.0529. The fourth-order valence-electron chi connectivity index (χ4n) is 2.08. The Balaban J connectivity index is 1.98. The Kier molecular flexibility index (Phi) is 5.13. The number of phenols is 1. The van der Waals surface area contributed by atoms with Crippen molar-refractivity contribution in [2.45, 2.75) is 32.8 Å². The Morgan fingerprint density at radius 2 is 1.96 bits per heavy atom. The van der Waals surface area contributed by atoms with Gasteiger partial charge in [0.2, 0.25) is 0 Å². The minimum Gasteiger partial charge on any atom is -0.507 e. The average Bonchev–Trinajstić information content (AvgIpc) is 2.47. The summed E-state index contributed by atoms with van der Waals surface area (Å²) < 4.78 is 5.14. The van der Waals surface area contributed by atoms with Crippen LogP contribution in [0.25, 0.3) is 10.8 Å². The highest BCUT2D eigenvalue weighted by molar-refractivity contribution is 5.90. The topological polar surface area (TPSA) is 58.6 Å². The van der Waals surface area contributed by atoms with Crippen molar-refractivity contribution in [2.75, 3.05) is 6.54 Å². The number of amides is 1. The van der Waals surface area contributed by atoms with E-state index in [1.165, 1.54) is 0 Å². The maximum absolute atomic E-state index is 11.5. The monoisotopic (exact) mass is 311 g/mol. The molecule has 0 heterocycles. The number of carbonyl (C=O) groups excluding carboxylic acids is 1. The summed E-state index contributed by atoms with van der Waals surface area (Å²) in [5.41, 5.74) is 0.102. The molecule has 0 radical (unpaired) electrons. The molecule has 4 nitrogen and oxygen atoms in total. The highest BCUT2D eigenvalue weighted by atomic mass is 16.6. The highest BCUT2D eigenvalue weighted by Crippen LogP contribution is 2.25. The molecule has 0 saturated carbocycles. The molecule has 2 aromatic carbocycles. The van der Waals surface area contributed by atoms with Gasteiger partial charge in [0, 0.05) is 18.4 Å². The smallest absolute Gasteiger partial charge is 0.407 e. The summed E-state index contributed by atoms with van der Waals surface area (Å²) in [5, 5.41) is 14.6.